The zero-order valence-corrected chi connectivity index (χ0v) is 15.0. The molecule has 0 saturated carbocycles. The van der Waals surface area contributed by atoms with Crippen molar-refractivity contribution in [2.45, 2.75) is 6.18 Å². The number of hydrogen-bond donors (Lipinski definition) is 0. The van der Waals surface area contributed by atoms with Gasteiger partial charge in [0, 0.05) is 5.56 Å². The molecule has 0 N–H and O–H groups in total. The number of ether oxygens (including phenoxy) is 1. The number of alkyl halides is 3. The number of para-hydroxylation sites is 1. The molecule has 0 spiro atoms. The molecule has 0 aromatic heterocycles. The summed E-state index contributed by atoms with van der Waals surface area (Å²) in [5.74, 6) is 0.113. The Balaban J connectivity index is 1.96. The SMILES string of the molecule is COc1ccccc1C=C1SC(=S)N(c2cccc(C(F)(F)F)c2)C1=O. The van der Waals surface area contributed by atoms with E-state index in [1.165, 1.54) is 19.2 Å². The van der Waals surface area contributed by atoms with E-state index in [0.717, 1.165) is 28.8 Å². The van der Waals surface area contributed by atoms with Gasteiger partial charge in [0.25, 0.3) is 5.91 Å². The van der Waals surface area contributed by atoms with Crippen LogP contribution in [0.1, 0.15) is 11.1 Å². The fraction of sp³-hybridized carbons (Fsp3) is 0.111. The first-order valence-corrected chi connectivity index (χ1v) is 8.62. The average molecular weight is 395 g/mol. The Bertz CT molecular complexity index is 909. The van der Waals surface area contributed by atoms with Crippen molar-refractivity contribution in [1.82, 2.24) is 0 Å². The van der Waals surface area contributed by atoms with Gasteiger partial charge >= 0.3 is 6.18 Å². The molecule has 1 saturated heterocycles. The van der Waals surface area contributed by atoms with Crippen molar-refractivity contribution in [3.63, 3.8) is 0 Å². The molecule has 2 aromatic rings. The number of methoxy groups -OCH3 is 1. The number of anilines is 1. The van der Waals surface area contributed by atoms with Crippen molar-refractivity contribution >= 4 is 46.0 Å². The molecule has 0 bridgehead atoms. The molecular formula is C18H12F3NO2S2. The highest BCUT2D eigenvalue weighted by Crippen LogP contribution is 2.39. The van der Waals surface area contributed by atoms with Gasteiger partial charge in [-0.2, -0.15) is 13.2 Å². The smallest absolute Gasteiger partial charge is 0.416 e. The van der Waals surface area contributed by atoms with E-state index in [-0.39, 0.29) is 10.0 Å². The summed E-state index contributed by atoms with van der Waals surface area (Å²) in [6, 6.07) is 11.6. The molecule has 3 rings (SSSR count). The molecule has 1 amide bonds. The summed E-state index contributed by atoms with van der Waals surface area (Å²) in [4.78, 5) is 14.1. The van der Waals surface area contributed by atoms with Crippen molar-refractivity contribution in [3.8, 4) is 5.75 Å². The molecule has 26 heavy (non-hydrogen) atoms. The van der Waals surface area contributed by atoms with E-state index >= 15 is 0 Å². The Morgan fingerprint density at radius 2 is 1.88 bits per heavy atom. The Morgan fingerprint density at radius 1 is 1.15 bits per heavy atom. The van der Waals surface area contributed by atoms with E-state index in [4.69, 9.17) is 17.0 Å². The predicted molar refractivity (Wildman–Crippen MR) is 100 cm³/mol. The van der Waals surface area contributed by atoms with Crippen molar-refractivity contribution in [2.24, 2.45) is 0 Å². The number of rotatable bonds is 3. The molecule has 0 aliphatic carbocycles. The maximum absolute atomic E-state index is 12.9. The summed E-state index contributed by atoms with van der Waals surface area (Å²) in [6.07, 6.45) is -2.88. The second-order valence-electron chi connectivity index (χ2n) is 5.31. The number of halogens is 3. The Labute approximate surface area is 157 Å². The van der Waals surface area contributed by atoms with Crippen molar-refractivity contribution in [2.75, 3.05) is 12.0 Å². The number of benzene rings is 2. The number of hydrogen-bond acceptors (Lipinski definition) is 4. The molecule has 8 heteroatoms. The number of thiocarbonyl (C=S) groups is 1. The van der Waals surface area contributed by atoms with E-state index in [1.54, 1.807) is 30.3 Å². The monoisotopic (exact) mass is 395 g/mol. The largest absolute Gasteiger partial charge is 0.496 e. The van der Waals surface area contributed by atoms with Gasteiger partial charge in [-0.1, -0.05) is 48.2 Å². The van der Waals surface area contributed by atoms with Crippen LogP contribution in [0.3, 0.4) is 0 Å². The standard InChI is InChI=1S/C18H12F3NO2S2/c1-24-14-8-3-2-5-11(14)9-15-16(23)22(17(25)26-15)13-7-4-6-12(10-13)18(19,20)21/h2-10H,1H3. The Kier molecular flexibility index (Phi) is 5.06. The van der Waals surface area contributed by atoms with Crippen LogP contribution in [0, 0.1) is 0 Å². The minimum atomic E-state index is -4.50. The predicted octanol–water partition coefficient (Wildman–Crippen LogP) is 5.12. The van der Waals surface area contributed by atoms with Crippen molar-refractivity contribution in [3.05, 3.63) is 64.6 Å². The lowest BCUT2D eigenvalue weighted by atomic mass is 10.1. The molecule has 1 fully saturated rings. The lowest BCUT2D eigenvalue weighted by molar-refractivity contribution is -0.137. The third-order valence-corrected chi connectivity index (χ3v) is 4.95. The van der Waals surface area contributed by atoms with Crippen LogP contribution in [0.25, 0.3) is 6.08 Å². The van der Waals surface area contributed by atoms with Gasteiger partial charge in [0.15, 0.2) is 4.32 Å². The third-order valence-electron chi connectivity index (χ3n) is 3.65. The maximum atomic E-state index is 12.9. The zero-order valence-electron chi connectivity index (χ0n) is 13.4. The van der Waals surface area contributed by atoms with Crippen LogP contribution in [-0.4, -0.2) is 17.3 Å². The zero-order chi connectivity index (χ0) is 18.9. The van der Waals surface area contributed by atoms with Crippen LogP contribution in [0.5, 0.6) is 5.75 Å². The molecule has 0 atom stereocenters. The van der Waals surface area contributed by atoms with E-state index in [9.17, 15) is 18.0 Å². The van der Waals surface area contributed by atoms with Gasteiger partial charge in [-0.05, 0) is 30.3 Å². The average Bonchev–Trinajstić information content (AvgIpc) is 2.88. The summed E-state index contributed by atoms with van der Waals surface area (Å²) >= 11 is 6.24. The lowest BCUT2D eigenvalue weighted by Gasteiger charge is -2.16. The highest BCUT2D eigenvalue weighted by atomic mass is 32.2. The Morgan fingerprint density at radius 3 is 2.58 bits per heavy atom. The van der Waals surface area contributed by atoms with Gasteiger partial charge < -0.3 is 4.74 Å². The summed E-state index contributed by atoms with van der Waals surface area (Å²) in [6.45, 7) is 0. The summed E-state index contributed by atoms with van der Waals surface area (Å²) in [7, 11) is 1.51. The first-order chi connectivity index (χ1) is 12.3. The molecule has 1 heterocycles. The number of thioether (sulfide) groups is 1. The van der Waals surface area contributed by atoms with Crippen LogP contribution >= 0.6 is 24.0 Å². The molecule has 3 nitrogen and oxygen atoms in total. The Hall–Kier alpha value is -2.32. The number of carbonyl (C=O) groups excluding carboxylic acids is 1. The summed E-state index contributed by atoms with van der Waals surface area (Å²) in [5.41, 5.74) is -0.0666. The van der Waals surface area contributed by atoms with Crippen molar-refractivity contribution < 1.29 is 22.7 Å². The van der Waals surface area contributed by atoms with Gasteiger partial charge in [0.1, 0.15) is 5.75 Å². The lowest BCUT2D eigenvalue weighted by Crippen LogP contribution is -2.27. The van der Waals surface area contributed by atoms with E-state index < -0.39 is 17.6 Å². The quantitative estimate of drug-likeness (QED) is 0.533. The molecular weight excluding hydrogens is 383 g/mol. The summed E-state index contributed by atoms with van der Waals surface area (Å²) < 4.78 is 44.2. The second-order valence-corrected chi connectivity index (χ2v) is 6.98. The van der Waals surface area contributed by atoms with Gasteiger partial charge in [-0.15, -0.1) is 0 Å². The van der Waals surface area contributed by atoms with E-state index in [1.807, 2.05) is 0 Å². The third kappa shape index (κ3) is 3.61. The minimum Gasteiger partial charge on any atom is -0.496 e. The number of nitrogens with zero attached hydrogens (tertiary/aromatic N) is 1. The molecule has 0 radical (unpaired) electrons. The van der Waals surface area contributed by atoms with Gasteiger partial charge in [0.2, 0.25) is 0 Å². The van der Waals surface area contributed by atoms with Crippen LogP contribution in [-0.2, 0) is 11.0 Å². The number of carbonyl (C=O) groups is 1. The molecule has 134 valence electrons. The molecule has 1 aliphatic rings. The topological polar surface area (TPSA) is 29.5 Å². The number of amides is 1. The van der Waals surface area contributed by atoms with E-state index in [2.05, 4.69) is 0 Å². The van der Waals surface area contributed by atoms with Gasteiger partial charge in [0.05, 0.1) is 23.3 Å². The molecule has 0 unspecified atom stereocenters. The second kappa shape index (κ2) is 7.13. The van der Waals surface area contributed by atoms with Crippen LogP contribution in [0.4, 0.5) is 18.9 Å². The van der Waals surface area contributed by atoms with Crippen LogP contribution < -0.4 is 9.64 Å². The highest BCUT2D eigenvalue weighted by molar-refractivity contribution is 8.27. The minimum absolute atomic E-state index is 0.0887. The van der Waals surface area contributed by atoms with Crippen molar-refractivity contribution in [1.29, 1.82) is 0 Å². The van der Waals surface area contributed by atoms with Crippen LogP contribution in [0.2, 0.25) is 0 Å². The van der Waals surface area contributed by atoms with E-state index in [0.29, 0.717) is 16.2 Å². The fourth-order valence-corrected chi connectivity index (χ4v) is 3.73. The van der Waals surface area contributed by atoms with Crippen LogP contribution in [0.15, 0.2) is 53.4 Å². The molecule has 2 aromatic carbocycles. The normalized spacial score (nSPS) is 16.5. The highest BCUT2D eigenvalue weighted by Gasteiger charge is 2.36. The fourth-order valence-electron chi connectivity index (χ4n) is 2.44. The molecule has 1 aliphatic heterocycles. The maximum Gasteiger partial charge on any atom is 0.416 e. The first kappa shape index (κ1) is 18.5. The van der Waals surface area contributed by atoms with Gasteiger partial charge in [-0.25, -0.2) is 0 Å². The van der Waals surface area contributed by atoms with Gasteiger partial charge in [-0.3, -0.25) is 9.69 Å². The summed E-state index contributed by atoms with van der Waals surface area (Å²) in [5, 5.41) is 0. The first-order valence-electron chi connectivity index (χ1n) is 7.39.